The molecular formula is C46H30N2O. The van der Waals surface area contributed by atoms with Gasteiger partial charge in [0.15, 0.2) is 0 Å². The van der Waals surface area contributed by atoms with Gasteiger partial charge >= 0.3 is 0 Å². The lowest BCUT2D eigenvalue weighted by Crippen LogP contribution is -2.11. The molecule has 49 heavy (non-hydrogen) atoms. The predicted molar refractivity (Wildman–Crippen MR) is 203 cm³/mol. The number of benzene rings is 7. The first-order chi connectivity index (χ1) is 24.3. The van der Waals surface area contributed by atoms with Crippen LogP contribution < -0.4 is 4.74 Å². The van der Waals surface area contributed by atoms with Crippen LogP contribution in [0, 0.1) is 0 Å². The first kappa shape index (κ1) is 26.7. The van der Waals surface area contributed by atoms with E-state index in [1.54, 1.807) is 0 Å². The van der Waals surface area contributed by atoms with Gasteiger partial charge in [-0.05, 0) is 108 Å². The molecule has 3 nitrogen and oxygen atoms in total. The number of para-hydroxylation sites is 3. The third-order valence-electron chi connectivity index (χ3n) is 10.6. The van der Waals surface area contributed by atoms with Crippen molar-refractivity contribution in [2.45, 2.75) is 12.8 Å². The molecule has 11 rings (SSSR count). The normalized spacial score (nSPS) is 13.4. The molecule has 0 radical (unpaired) electrons. The monoisotopic (exact) mass is 626 g/mol. The van der Waals surface area contributed by atoms with Gasteiger partial charge < -0.3 is 13.9 Å². The van der Waals surface area contributed by atoms with E-state index in [1.165, 1.54) is 82.7 Å². The second-order valence-electron chi connectivity index (χ2n) is 13.2. The zero-order valence-corrected chi connectivity index (χ0v) is 26.7. The van der Waals surface area contributed by atoms with Crippen molar-refractivity contribution in [1.29, 1.82) is 0 Å². The molecule has 7 aromatic carbocycles. The van der Waals surface area contributed by atoms with E-state index in [-0.39, 0.29) is 0 Å². The molecule has 1 aliphatic heterocycles. The molecule has 0 saturated heterocycles. The van der Waals surface area contributed by atoms with Gasteiger partial charge in [0.25, 0.3) is 0 Å². The number of hydrogen-bond donors (Lipinski definition) is 0. The van der Waals surface area contributed by atoms with Gasteiger partial charge in [0.2, 0.25) is 0 Å². The van der Waals surface area contributed by atoms with Gasteiger partial charge in [-0.2, -0.15) is 0 Å². The van der Waals surface area contributed by atoms with Crippen LogP contribution in [0.15, 0.2) is 158 Å². The summed E-state index contributed by atoms with van der Waals surface area (Å²) in [5.74, 6) is 1.94. The maximum atomic E-state index is 6.45. The van der Waals surface area contributed by atoms with Gasteiger partial charge in [0.05, 0.1) is 22.1 Å². The fraction of sp³-hybridized carbons (Fsp3) is 0.0435. The van der Waals surface area contributed by atoms with Gasteiger partial charge in [-0.15, -0.1) is 0 Å². The van der Waals surface area contributed by atoms with Crippen LogP contribution in [0.2, 0.25) is 0 Å². The summed E-state index contributed by atoms with van der Waals surface area (Å²) in [5.41, 5.74) is 14.6. The molecule has 0 saturated carbocycles. The summed E-state index contributed by atoms with van der Waals surface area (Å²) in [5, 5.41) is 5.00. The van der Waals surface area contributed by atoms with E-state index in [1.807, 2.05) is 0 Å². The lowest BCUT2D eigenvalue weighted by molar-refractivity contribution is 0.505. The Balaban J connectivity index is 1.09. The van der Waals surface area contributed by atoms with Crippen LogP contribution >= 0.6 is 0 Å². The van der Waals surface area contributed by atoms with Crippen molar-refractivity contribution in [3.8, 4) is 39.4 Å². The molecule has 3 heteroatoms. The van der Waals surface area contributed by atoms with E-state index >= 15 is 0 Å². The summed E-state index contributed by atoms with van der Waals surface area (Å²) < 4.78 is 11.2. The van der Waals surface area contributed by atoms with Gasteiger partial charge in [0.1, 0.15) is 11.5 Å². The zero-order chi connectivity index (χ0) is 32.1. The molecule has 230 valence electrons. The quantitative estimate of drug-likeness (QED) is 0.191. The maximum absolute atomic E-state index is 6.45. The van der Waals surface area contributed by atoms with Crippen LogP contribution in [-0.4, -0.2) is 9.13 Å². The Hall–Kier alpha value is -6.32. The molecule has 0 N–H and O–H groups in total. The van der Waals surface area contributed by atoms with Crippen molar-refractivity contribution in [3.63, 3.8) is 0 Å². The molecule has 0 unspecified atom stereocenters. The molecule has 0 spiro atoms. The first-order valence-corrected chi connectivity index (χ1v) is 17.1. The van der Waals surface area contributed by atoms with Crippen LogP contribution in [-0.2, 0) is 6.42 Å². The SMILES string of the molecule is C1=C2Oc3ccc(-c4ccc5c(c4)c4ccccc4n5-c4ccc5c(c4)c4ccccc4n5-c4ccccc4)cc3-c3cccc(c32)CC1. The number of aryl methyl sites for hydroxylation is 1. The van der Waals surface area contributed by atoms with E-state index in [0.29, 0.717) is 0 Å². The smallest absolute Gasteiger partial charge is 0.135 e. The minimum atomic E-state index is 0.934. The van der Waals surface area contributed by atoms with Gasteiger partial charge in [-0.1, -0.05) is 84.9 Å². The highest BCUT2D eigenvalue weighted by Crippen LogP contribution is 2.47. The van der Waals surface area contributed by atoms with Crippen LogP contribution in [0.1, 0.15) is 17.5 Å². The molecule has 2 aromatic heterocycles. The molecule has 0 atom stereocenters. The van der Waals surface area contributed by atoms with Crippen molar-refractivity contribution < 1.29 is 4.74 Å². The van der Waals surface area contributed by atoms with Crippen LogP contribution in [0.25, 0.3) is 83.0 Å². The topological polar surface area (TPSA) is 19.1 Å². The van der Waals surface area contributed by atoms with Crippen molar-refractivity contribution in [2.24, 2.45) is 0 Å². The lowest BCUT2D eigenvalue weighted by Gasteiger charge is -2.28. The van der Waals surface area contributed by atoms with Crippen molar-refractivity contribution >= 4 is 49.4 Å². The predicted octanol–water partition coefficient (Wildman–Crippen LogP) is 11.9. The third kappa shape index (κ3) is 3.84. The largest absolute Gasteiger partial charge is 0.456 e. The van der Waals surface area contributed by atoms with Gasteiger partial charge in [-0.3, -0.25) is 0 Å². The molecular weight excluding hydrogens is 597 g/mol. The number of hydrogen-bond acceptors (Lipinski definition) is 1. The Kier molecular flexibility index (Phi) is 5.50. The molecule has 1 aliphatic carbocycles. The Morgan fingerprint density at radius 2 is 1.10 bits per heavy atom. The lowest BCUT2D eigenvalue weighted by atomic mass is 9.86. The Labute approximate surface area is 283 Å². The van der Waals surface area contributed by atoms with E-state index in [2.05, 4.69) is 167 Å². The summed E-state index contributed by atoms with van der Waals surface area (Å²) >= 11 is 0. The van der Waals surface area contributed by atoms with E-state index in [4.69, 9.17) is 4.74 Å². The van der Waals surface area contributed by atoms with Crippen molar-refractivity contribution in [1.82, 2.24) is 9.13 Å². The number of ether oxygens (including phenoxy) is 1. The van der Waals surface area contributed by atoms with E-state index in [9.17, 15) is 0 Å². The van der Waals surface area contributed by atoms with Gasteiger partial charge in [-0.25, -0.2) is 0 Å². The van der Waals surface area contributed by atoms with Crippen molar-refractivity contribution in [2.75, 3.05) is 0 Å². The minimum Gasteiger partial charge on any atom is -0.456 e. The highest BCUT2D eigenvalue weighted by molar-refractivity contribution is 6.13. The molecule has 0 bridgehead atoms. The van der Waals surface area contributed by atoms with E-state index < -0.39 is 0 Å². The third-order valence-corrected chi connectivity index (χ3v) is 10.6. The number of nitrogens with zero attached hydrogens (tertiary/aromatic N) is 2. The number of rotatable bonds is 3. The van der Waals surface area contributed by atoms with Crippen LogP contribution in [0.5, 0.6) is 5.75 Å². The number of fused-ring (bicyclic) bond motifs is 8. The van der Waals surface area contributed by atoms with Gasteiger partial charge in [0, 0.05) is 44.0 Å². The summed E-state index contributed by atoms with van der Waals surface area (Å²) in [6, 6.07) is 55.4. The second-order valence-corrected chi connectivity index (χ2v) is 13.2. The summed E-state index contributed by atoms with van der Waals surface area (Å²) in [4.78, 5) is 0. The number of aromatic nitrogens is 2. The average Bonchev–Trinajstić information content (AvgIpc) is 3.67. The Bertz CT molecular complexity index is 2850. The second kappa shape index (κ2) is 10.1. The maximum Gasteiger partial charge on any atom is 0.135 e. The summed E-state index contributed by atoms with van der Waals surface area (Å²) in [7, 11) is 0. The molecule has 0 amide bonds. The first-order valence-electron chi connectivity index (χ1n) is 17.1. The molecule has 3 heterocycles. The van der Waals surface area contributed by atoms with Crippen LogP contribution in [0.4, 0.5) is 0 Å². The van der Waals surface area contributed by atoms with Crippen molar-refractivity contribution in [3.05, 3.63) is 169 Å². The van der Waals surface area contributed by atoms with Crippen LogP contribution in [0.3, 0.4) is 0 Å². The summed E-state index contributed by atoms with van der Waals surface area (Å²) in [6.07, 6.45) is 4.33. The number of allylic oxidation sites excluding steroid dienone is 1. The Morgan fingerprint density at radius 1 is 0.449 bits per heavy atom. The highest BCUT2D eigenvalue weighted by atomic mass is 16.5. The average molecular weight is 627 g/mol. The zero-order valence-electron chi connectivity index (χ0n) is 26.7. The molecule has 2 aliphatic rings. The Morgan fingerprint density at radius 3 is 1.92 bits per heavy atom. The summed E-state index contributed by atoms with van der Waals surface area (Å²) in [6.45, 7) is 0. The minimum absolute atomic E-state index is 0.934. The molecule has 9 aromatic rings. The standard InChI is InChI=1S/C46H30N2O/c1-2-12-32(13-3-1)47-40-17-6-5-15-35(40)38-28-33(22-24-43(38)47)48-41-18-7-4-14-34(41)37-26-30(20-23-42(37)48)31-21-25-44-39(27-31)36-16-8-10-29-11-9-19-45(49-44)46(29)36/h1-8,10,12-28H,9,11H2. The highest BCUT2D eigenvalue weighted by Gasteiger charge is 2.26. The fourth-order valence-electron chi connectivity index (χ4n) is 8.39. The molecule has 0 fully saturated rings. The van der Waals surface area contributed by atoms with E-state index in [0.717, 1.165) is 30.0 Å². The fourth-order valence-corrected chi connectivity index (χ4v) is 8.39.